The second kappa shape index (κ2) is 7.59. The normalized spacial score (nSPS) is 9.79. The van der Waals surface area contributed by atoms with Gasteiger partial charge in [0.1, 0.15) is 0 Å². The van der Waals surface area contributed by atoms with E-state index < -0.39 is 0 Å². The number of hydrogen-bond donors (Lipinski definition) is 1. The minimum Gasteiger partial charge on any atom is -0.353 e. The zero-order valence-corrected chi connectivity index (χ0v) is 11.6. The number of benzene rings is 1. The molecule has 2 amide bonds. The number of nitrogens with one attached hydrogen (secondary N) is 1. The first-order valence-electron chi connectivity index (χ1n) is 5.96. The summed E-state index contributed by atoms with van der Waals surface area (Å²) in [7, 11) is 0. The quantitative estimate of drug-likeness (QED) is 0.814. The largest absolute Gasteiger partial charge is 0.353 e. The summed E-state index contributed by atoms with van der Waals surface area (Å²) in [6, 6.07) is 6.99. The van der Waals surface area contributed by atoms with Crippen molar-refractivity contribution >= 4 is 29.1 Å². The van der Waals surface area contributed by atoms with E-state index in [2.05, 4.69) is 11.9 Å². The lowest BCUT2D eigenvalue weighted by molar-refractivity contribution is -0.120. The van der Waals surface area contributed by atoms with E-state index in [1.54, 1.807) is 30.3 Å². The molecule has 1 rings (SSSR count). The van der Waals surface area contributed by atoms with E-state index in [1.165, 1.54) is 11.8 Å². The molecule has 0 spiro atoms. The maximum Gasteiger partial charge on any atom is 0.223 e. The standard InChI is InChI=1S/C14H17ClN2O2/c1-3-8-16-14(19)7-9-17(11(2)18)13-6-4-5-12(15)10-13/h3-6,10H,1,7-9H2,2H3,(H,16,19). The van der Waals surface area contributed by atoms with Crippen LogP contribution in [0.2, 0.25) is 5.02 Å². The Morgan fingerprint density at radius 3 is 2.79 bits per heavy atom. The number of rotatable bonds is 6. The third kappa shape index (κ3) is 5.14. The lowest BCUT2D eigenvalue weighted by Gasteiger charge is -2.21. The number of anilines is 1. The topological polar surface area (TPSA) is 49.4 Å². The van der Waals surface area contributed by atoms with Gasteiger partial charge in [-0.2, -0.15) is 0 Å². The molecule has 4 nitrogen and oxygen atoms in total. The van der Waals surface area contributed by atoms with Gasteiger partial charge in [-0.05, 0) is 18.2 Å². The van der Waals surface area contributed by atoms with Gasteiger partial charge in [0.05, 0.1) is 0 Å². The molecule has 0 atom stereocenters. The summed E-state index contributed by atoms with van der Waals surface area (Å²) in [6.45, 7) is 5.73. The summed E-state index contributed by atoms with van der Waals surface area (Å²) in [4.78, 5) is 24.6. The molecule has 0 aliphatic carbocycles. The van der Waals surface area contributed by atoms with E-state index in [9.17, 15) is 9.59 Å². The van der Waals surface area contributed by atoms with Crippen molar-refractivity contribution in [1.29, 1.82) is 0 Å². The third-order valence-electron chi connectivity index (χ3n) is 2.51. The van der Waals surface area contributed by atoms with Crippen molar-refractivity contribution in [2.45, 2.75) is 13.3 Å². The smallest absolute Gasteiger partial charge is 0.223 e. The van der Waals surface area contributed by atoms with Crippen molar-refractivity contribution in [3.8, 4) is 0 Å². The van der Waals surface area contributed by atoms with Gasteiger partial charge in [-0.25, -0.2) is 0 Å². The van der Waals surface area contributed by atoms with Crippen molar-refractivity contribution < 1.29 is 9.59 Å². The van der Waals surface area contributed by atoms with Gasteiger partial charge >= 0.3 is 0 Å². The molecule has 0 aliphatic rings. The van der Waals surface area contributed by atoms with Crippen LogP contribution in [0.4, 0.5) is 5.69 Å². The Balaban J connectivity index is 2.66. The average molecular weight is 281 g/mol. The fraction of sp³-hybridized carbons (Fsp3) is 0.286. The molecule has 1 aromatic carbocycles. The Labute approximate surface area is 118 Å². The molecule has 0 unspecified atom stereocenters. The summed E-state index contributed by atoms with van der Waals surface area (Å²) < 4.78 is 0. The Morgan fingerprint density at radius 1 is 1.47 bits per heavy atom. The van der Waals surface area contributed by atoms with E-state index in [0.29, 0.717) is 23.8 Å². The first-order chi connectivity index (χ1) is 9.04. The van der Waals surface area contributed by atoms with Gasteiger partial charge in [0.25, 0.3) is 0 Å². The van der Waals surface area contributed by atoms with Gasteiger partial charge in [-0.1, -0.05) is 23.7 Å². The second-order valence-electron chi connectivity index (χ2n) is 3.99. The molecule has 0 aliphatic heterocycles. The highest BCUT2D eigenvalue weighted by atomic mass is 35.5. The van der Waals surface area contributed by atoms with Crippen molar-refractivity contribution in [3.63, 3.8) is 0 Å². The number of amides is 2. The summed E-state index contributed by atoms with van der Waals surface area (Å²) in [5.74, 6) is -0.244. The van der Waals surface area contributed by atoms with Crippen LogP contribution >= 0.6 is 11.6 Å². The zero-order valence-electron chi connectivity index (χ0n) is 10.9. The molecule has 5 heteroatoms. The fourth-order valence-electron chi connectivity index (χ4n) is 1.60. The Kier molecular flexibility index (Phi) is 6.09. The number of hydrogen-bond acceptors (Lipinski definition) is 2. The van der Waals surface area contributed by atoms with Crippen LogP contribution in [-0.4, -0.2) is 24.9 Å². The van der Waals surface area contributed by atoms with Gasteiger partial charge in [0.15, 0.2) is 0 Å². The minimum atomic E-state index is -0.126. The number of nitrogens with zero attached hydrogens (tertiary/aromatic N) is 1. The molecule has 19 heavy (non-hydrogen) atoms. The van der Waals surface area contributed by atoms with Crippen LogP contribution in [0.1, 0.15) is 13.3 Å². The van der Waals surface area contributed by atoms with Crippen LogP contribution < -0.4 is 10.2 Å². The Bertz CT molecular complexity index is 474. The van der Waals surface area contributed by atoms with E-state index in [1.807, 2.05) is 0 Å². The van der Waals surface area contributed by atoms with Crippen LogP contribution in [0, 0.1) is 0 Å². The molecule has 1 aromatic rings. The van der Waals surface area contributed by atoms with Crippen molar-refractivity contribution in [2.75, 3.05) is 18.0 Å². The predicted octanol–water partition coefficient (Wildman–Crippen LogP) is 2.39. The molecular weight excluding hydrogens is 264 g/mol. The van der Waals surface area contributed by atoms with E-state index in [4.69, 9.17) is 11.6 Å². The summed E-state index contributed by atoms with van der Waals surface area (Å²) in [6.07, 6.45) is 1.84. The SMILES string of the molecule is C=CCNC(=O)CCN(C(C)=O)c1cccc(Cl)c1. The molecule has 0 saturated heterocycles. The maximum absolute atomic E-state index is 11.6. The highest BCUT2D eigenvalue weighted by Gasteiger charge is 2.13. The fourth-order valence-corrected chi connectivity index (χ4v) is 1.78. The van der Waals surface area contributed by atoms with Gasteiger partial charge in [-0.15, -0.1) is 6.58 Å². The monoisotopic (exact) mass is 280 g/mol. The highest BCUT2D eigenvalue weighted by Crippen LogP contribution is 2.19. The Morgan fingerprint density at radius 2 is 2.21 bits per heavy atom. The zero-order chi connectivity index (χ0) is 14.3. The van der Waals surface area contributed by atoms with E-state index in [-0.39, 0.29) is 18.2 Å². The highest BCUT2D eigenvalue weighted by molar-refractivity contribution is 6.30. The van der Waals surface area contributed by atoms with Gasteiger partial charge in [0.2, 0.25) is 11.8 Å². The van der Waals surface area contributed by atoms with Crippen LogP contribution in [0.3, 0.4) is 0 Å². The number of carbonyl (C=O) groups excluding carboxylic acids is 2. The minimum absolute atomic E-state index is 0.117. The molecule has 0 fully saturated rings. The third-order valence-corrected chi connectivity index (χ3v) is 2.74. The van der Waals surface area contributed by atoms with Crippen LogP contribution in [0.25, 0.3) is 0 Å². The first kappa shape index (κ1) is 15.2. The maximum atomic E-state index is 11.6. The second-order valence-corrected chi connectivity index (χ2v) is 4.43. The van der Waals surface area contributed by atoms with Crippen molar-refractivity contribution in [1.82, 2.24) is 5.32 Å². The van der Waals surface area contributed by atoms with Crippen molar-refractivity contribution in [2.24, 2.45) is 0 Å². The van der Waals surface area contributed by atoms with Gasteiger partial charge in [-0.3, -0.25) is 9.59 Å². The van der Waals surface area contributed by atoms with Gasteiger partial charge in [0, 0.05) is 37.1 Å². The first-order valence-corrected chi connectivity index (χ1v) is 6.33. The molecule has 0 heterocycles. The lowest BCUT2D eigenvalue weighted by atomic mass is 10.2. The molecule has 0 saturated carbocycles. The summed E-state index contributed by atoms with van der Waals surface area (Å²) in [5.41, 5.74) is 0.691. The number of halogens is 1. The van der Waals surface area contributed by atoms with Gasteiger partial charge < -0.3 is 10.2 Å². The molecule has 0 bridgehead atoms. The average Bonchev–Trinajstić information content (AvgIpc) is 2.36. The predicted molar refractivity (Wildman–Crippen MR) is 77.3 cm³/mol. The molecule has 0 radical (unpaired) electrons. The van der Waals surface area contributed by atoms with E-state index in [0.717, 1.165) is 0 Å². The Hall–Kier alpha value is -1.81. The molecule has 102 valence electrons. The molecule has 1 N–H and O–H groups in total. The number of carbonyl (C=O) groups is 2. The van der Waals surface area contributed by atoms with Crippen LogP contribution in [0.15, 0.2) is 36.9 Å². The van der Waals surface area contributed by atoms with Crippen LogP contribution in [-0.2, 0) is 9.59 Å². The van der Waals surface area contributed by atoms with E-state index >= 15 is 0 Å². The molecule has 0 aromatic heterocycles. The lowest BCUT2D eigenvalue weighted by Crippen LogP contribution is -2.33. The summed E-state index contributed by atoms with van der Waals surface area (Å²) >= 11 is 5.90. The van der Waals surface area contributed by atoms with Crippen molar-refractivity contribution in [3.05, 3.63) is 41.9 Å². The van der Waals surface area contributed by atoms with Crippen LogP contribution in [0.5, 0.6) is 0 Å². The molecular formula is C14H17ClN2O2. The summed E-state index contributed by atoms with van der Waals surface area (Å²) in [5, 5.41) is 3.22.